The van der Waals surface area contributed by atoms with Crippen LogP contribution in [0.3, 0.4) is 0 Å². The first-order chi connectivity index (χ1) is 17.8. The van der Waals surface area contributed by atoms with Gasteiger partial charge in [0, 0.05) is 36.3 Å². The van der Waals surface area contributed by atoms with Gasteiger partial charge >= 0.3 is 0 Å². The zero-order valence-corrected chi connectivity index (χ0v) is 23.3. The first kappa shape index (κ1) is 28.3. The molecular weight excluding hydrogens is 467 g/mol. The summed E-state index contributed by atoms with van der Waals surface area (Å²) in [5.41, 5.74) is 4.16. The van der Waals surface area contributed by atoms with Crippen LogP contribution in [0.2, 0.25) is 0 Å². The summed E-state index contributed by atoms with van der Waals surface area (Å²) in [5, 5.41) is 5.28. The van der Waals surface area contributed by atoms with Gasteiger partial charge in [-0.3, -0.25) is 4.98 Å². The number of unbranched alkanes of at least 4 members (excludes halogenated alkanes) is 1. The number of pyridine rings is 1. The van der Waals surface area contributed by atoms with Crippen molar-refractivity contribution >= 4 is 22.2 Å². The summed E-state index contributed by atoms with van der Waals surface area (Å²) in [6.45, 7) is 12.1. The van der Waals surface area contributed by atoms with E-state index in [-0.39, 0.29) is 5.75 Å². The number of fused-ring (bicyclic) bond motifs is 2. The molecule has 8 heteroatoms. The van der Waals surface area contributed by atoms with Crippen molar-refractivity contribution in [3.05, 3.63) is 48.8 Å². The molecule has 0 saturated carbocycles. The highest BCUT2D eigenvalue weighted by Gasteiger charge is 2.23. The van der Waals surface area contributed by atoms with E-state index < -0.39 is 5.82 Å². The minimum atomic E-state index is -0.430. The second kappa shape index (κ2) is 13.3. The zero-order chi connectivity index (χ0) is 26.9. The van der Waals surface area contributed by atoms with Crippen molar-refractivity contribution in [2.24, 2.45) is 5.92 Å². The Morgan fingerprint density at radius 2 is 1.76 bits per heavy atom. The lowest BCUT2D eigenvalue weighted by atomic mass is 10.0. The average molecular weight is 509 g/mol. The molecule has 0 atom stereocenters. The maximum atomic E-state index is 14.0. The number of hydrogen-bond donors (Lipinski definition) is 0. The van der Waals surface area contributed by atoms with Crippen molar-refractivity contribution < 1.29 is 9.13 Å². The van der Waals surface area contributed by atoms with Gasteiger partial charge in [-0.25, -0.2) is 13.9 Å². The maximum absolute atomic E-state index is 14.0. The Balaban J connectivity index is 0.000000327. The highest BCUT2D eigenvalue weighted by atomic mass is 19.1. The van der Waals surface area contributed by atoms with E-state index in [0.29, 0.717) is 11.4 Å². The average Bonchev–Trinajstić information content (AvgIpc) is 3.29. The monoisotopic (exact) mass is 508 g/mol. The third kappa shape index (κ3) is 6.95. The van der Waals surface area contributed by atoms with Crippen LogP contribution in [-0.4, -0.2) is 65.3 Å². The molecular formula is C29H41FN6O. The van der Waals surface area contributed by atoms with Crippen LogP contribution < -0.4 is 9.64 Å². The highest BCUT2D eigenvalue weighted by molar-refractivity contribution is 5.98. The summed E-state index contributed by atoms with van der Waals surface area (Å²) in [6, 6.07) is 4.95. The van der Waals surface area contributed by atoms with E-state index in [2.05, 4.69) is 66.7 Å². The Bertz CT molecular complexity index is 1280. The number of anilines is 1. The molecule has 5 rings (SSSR count). The fourth-order valence-corrected chi connectivity index (χ4v) is 4.11. The molecule has 7 nitrogen and oxygen atoms in total. The van der Waals surface area contributed by atoms with Gasteiger partial charge in [-0.05, 0) is 50.7 Å². The summed E-state index contributed by atoms with van der Waals surface area (Å²) in [7, 11) is 5.63. The van der Waals surface area contributed by atoms with Crippen LogP contribution in [0.4, 0.5) is 10.1 Å². The van der Waals surface area contributed by atoms with E-state index in [1.807, 2.05) is 18.5 Å². The van der Waals surface area contributed by atoms with Crippen LogP contribution >= 0.6 is 0 Å². The van der Waals surface area contributed by atoms with Gasteiger partial charge in [-0.15, -0.1) is 0 Å². The number of halogens is 1. The third-order valence-electron chi connectivity index (χ3n) is 6.25. The highest BCUT2D eigenvalue weighted by Crippen LogP contribution is 2.34. The van der Waals surface area contributed by atoms with E-state index in [4.69, 9.17) is 4.74 Å². The normalized spacial score (nSPS) is 13.2. The summed E-state index contributed by atoms with van der Waals surface area (Å²) >= 11 is 0. The molecule has 0 spiro atoms. The quantitative estimate of drug-likeness (QED) is 0.304. The van der Waals surface area contributed by atoms with E-state index in [9.17, 15) is 4.39 Å². The minimum absolute atomic E-state index is 0.190. The van der Waals surface area contributed by atoms with Gasteiger partial charge in [-0.1, -0.05) is 40.5 Å². The van der Waals surface area contributed by atoms with Crippen molar-refractivity contribution in [1.82, 2.24) is 24.5 Å². The molecule has 4 aromatic rings. The van der Waals surface area contributed by atoms with Crippen molar-refractivity contribution in [3.63, 3.8) is 0 Å². The Labute approximate surface area is 220 Å². The fraction of sp³-hybridized carbons (Fsp3) is 0.483. The van der Waals surface area contributed by atoms with Crippen LogP contribution in [0.5, 0.6) is 5.75 Å². The van der Waals surface area contributed by atoms with Crippen molar-refractivity contribution in [2.45, 2.75) is 47.0 Å². The van der Waals surface area contributed by atoms with Crippen molar-refractivity contribution in [1.29, 1.82) is 0 Å². The lowest BCUT2D eigenvalue weighted by Gasteiger charge is -2.38. The molecule has 200 valence electrons. The zero-order valence-electron chi connectivity index (χ0n) is 23.3. The van der Waals surface area contributed by atoms with E-state index in [1.54, 1.807) is 23.0 Å². The number of methoxy groups -OCH3 is 1. The standard InChI is InChI=1S/C20H18FN5O.C5H13N.C4H10/c1-12-9-25(10-12)13-7-23-20-16(8-24-26(20)11-13)14-3-4-22-18-6-17(21)19(27-2)5-15(14)18;1-4-5-6(2)3;1-3-4-2/h3-8,11-12H,9-10H2,1-2H3;4-5H2,1-3H3;3-4H2,1-2H3. The molecule has 0 aliphatic carbocycles. The number of hydrogen-bond acceptors (Lipinski definition) is 6. The predicted octanol–water partition coefficient (Wildman–Crippen LogP) is 6.31. The molecule has 1 aliphatic heterocycles. The Morgan fingerprint density at radius 3 is 2.32 bits per heavy atom. The fourth-order valence-electron chi connectivity index (χ4n) is 4.11. The lowest BCUT2D eigenvalue weighted by Crippen LogP contribution is -2.45. The third-order valence-corrected chi connectivity index (χ3v) is 6.25. The van der Waals surface area contributed by atoms with Crippen LogP contribution in [0.15, 0.2) is 43.0 Å². The molecule has 0 amide bonds. The molecule has 0 bridgehead atoms. The molecule has 1 fully saturated rings. The molecule has 4 heterocycles. The number of nitrogens with zero attached hydrogens (tertiary/aromatic N) is 6. The largest absolute Gasteiger partial charge is 0.494 e. The summed E-state index contributed by atoms with van der Waals surface area (Å²) in [5.74, 6) is 0.476. The number of ether oxygens (including phenoxy) is 1. The molecule has 3 aromatic heterocycles. The van der Waals surface area contributed by atoms with E-state index in [1.165, 1.54) is 39.0 Å². The Morgan fingerprint density at radius 1 is 1.03 bits per heavy atom. The van der Waals surface area contributed by atoms with Crippen molar-refractivity contribution in [3.8, 4) is 16.9 Å². The number of aromatic nitrogens is 4. The Hall–Kier alpha value is -3.26. The molecule has 0 unspecified atom stereocenters. The maximum Gasteiger partial charge on any atom is 0.167 e. The second-order valence-electron chi connectivity index (χ2n) is 9.81. The molecule has 1 aliphatic rings. The van der Waals surface area contributed by atoms with E-state index >= 15 is 0 Å². The summed E-state index contributed by atoms with van der Waals surface area (Å²) in [4.78, 5) is 13.4. The number of benzene rings is 1. The van der Waals surface area contributed by atoms with Crippen molar-refractivity contribution in [2.75, 3.05) is 45.7 Å². The number of rotatable bonds is 6. The van der Waals surface area contributed by atoms with Gasteiger partial charge in [0.25, 0.3) is 0 Å². The summed E-state index contributed by atoms with van der Waals surface area (Å²) in [6.07, 6.45) is 11.2. The topological polar surface area (TPSA) is 58.8 Å². The van der Waals surface area contributed by atoms with Crippen LogP contribution in [0.25, 0.3) is 27.7 Å². The molecule has 37 heavy (non-hydrogen) atoms. The predicted molar refractivity (Wildman–Crippen MR) is 151 cm³/mol. The molecule has 0 radical (unpaired) electrons. The molecule has 1 saturated heterocycles. The minimum Gasteiger partial charge on any atom is -0.494 e. The van der Waals surface area contributed by atoms with Crippen LogP contribution in [0, 0.1) is 11.7 Å². The van der Waals surface area contributed by atoms with Gasteiger partial charge in [0.05, 0.1) is 36.9 Å². The van der Waals surface area contributed by atoms with Crippen LogP contribution in [-0.2, 0) is 0 Å². The Kier molecular flexibility index (Phi) is 10.2. The lowest BCUT2D eigenvalue weighted by molar-refractivity contribution is 0.387. The summed E-state index contributed by atoms with van der Waals surface area (Å²) < 4.78 is 21.0. The SMILES string of the molecule is CCCC.CCCN(C)C.COc1cc2c(-c3cnn4cc(N5CC(C)C5)cnc34)ccnc2cc1F. The van der Waals surface area contributed by atoms with Gasteiger partial charge in [0.1, 0.15) is 0 Å². The van der Waals surface area contributed by atoms with Gasteiger partial charge in [0.15, 0.2) is 17.2 Å². The first-order valence-electron chi connectivity index (χ1n) is 13.2. The van der Waals surface area contributed by atoms with Gasteiger partial charge < -0.3 is 14.5 Å². The molecule has 1 aromatic carbocycles. The molecule has 0 N–H and O–H groups in total. The van der Waals surface area contributed by atoms with E-state index in [0.717, 1.165) is 40.9 Å². The van der Waals surface area contributed by atoms with Crippen LogP contribution in [0.1, 0.15) is 47.0 Å². The first-order valence-corrected chi connectivity index (χ1v) is 13.2. The van der Waals surface area contributed by atoms with Gasteiger partial charge in [0.2, 0.25) is 0 Å². The smallest absolute Gasteiger partial charge is 0.167 e. The van der Waals surface area contributed by atoms with Gasteiger partial charge in [-0.2, -0.15) is 5.10 Å². The second-order valence-corrected chi connectivity index (χ2v) is 9.81.